The lowest BCUT2D eigenvalue weighted by molar-refractivity contribution is -0.153. The van der Waals surface area contributed by atoms with E-state index in [4.69, 9.17) is 4.74 Å². The van der Waals surface area contributed by atoms with Crippen molar-refractivity contribution >= 4 is 55.9 Å². The van der Waals surface area contributed by atoms with Crippen LogP contribution in [0.15, 0.2) is 65.6 Å². The molecule has 0 spiro atoms. The van der Waals surface area contributed by atoms with Crippen molar-refractivity contribution in [3.8, 4) is 0 Å². The summed E-state index contributed by atoms with van der Waals surface area (Å²) >= 11 is 3.81. The molecule has 4 aromatic rings. The summed E-state index contributed by atoms with van der Waals surface area (Å²) in [6.45, 7) is 0. The van der Waals surface area contributed by atoms with Crippen LogP contribution in [-0.2, 0) is 14.3 Å². The fourth-order valence-electron chi connectivity index (χ4n) is 6.71. The maximum absolute atomic E-state index is 12.8. The second kappa shape index (κ2) is 5.59. The van der Waals surface area contributed by atoms with Gasteiger partial charge in [-0.15, -0.1) is 23.1 Å². The topological polar surface area (TPSA) is 43.4 Å². The van der Waals surface area contributed by atoms with Gasteiger partial charge in [-0.1, -0.05) is 48.5 Å². The van der Waals surface area contributed by atoms with Crippen LogP contribution in [0.3, 0.4) is 0 Å². The Morgan fingerprint density at radius 3 is 2.13 bits per heavy atom. The summed E-state index contributed by atoms with van der Waals surface area (Å²) in [6.07, 6.45) is 0. The summed E-state index contributed by atoms with van der Waals surface area (Å²) in [4.78, 5) is 28.3. The number of benzene rings is 3. The molecule has 3 heterocycles. The van der Waals surface area contributed by atoms with Gasteiger partial charge in [0.1, 0.15) is 0 Å². The minimum atomic E-state index is -0.343. The molecule has 5 heteroatoms. The van der Waals surface area contributed by atoms with Crippen molar-refractivity contribution in [2.75, 3.05) is 0 Å². The SMILES string of the molecule is O=C1OC(=O)C2C1C1c3ccccc3C2C2c3sc4cc5ccccc5cc4c3SC12. The van der Waals surface area contributed by atoms with Gasteiger partial charge in [-0.3, -0.25) is 9.59 Å². The minimum absolute atomic E-state index is 0.0198. The Balaban J connectivity index is 1.39. The first-order valence-electron chi connectivity index (χ1n) is 10.7. The molecule has 2 aliphatic heterocycles. The van der Waals surface area contributed by atoms with Crippen molar-refractivity contribution in [3.63, 3.8) is 0 Å². The molecule has 3 nitrogen and oxygen atoms in total. The standard InChI is InChI=1S/C26H16O3S2/c27-25-19-17-13-7-3-4-8-14(13)18(20(19)26(28)29-25)23-21(17)24-22(31-23)15-9-11-5-1-2-6-12(11)10-16(15)30-24/h1-10,17-21,23H. The molecule has 0 radical (unpaired) electrons. The molecule has 5 aliphatic rings. The molecule has 1 saturated carbocycles. The van der Waals surface area contributed by atoms with E-state index >= 15 is 0 Å². The number of rotatable bonds is 0. The Hall–Kier alpha value is -2.63. The average Bonchev–Trinajstić information content (AvgIpc) is 3.42. The maximum Gasteiger partial charge on any atom is 0.318 e. The second-order valence-corrected chi connectivity index (χ2v) is 11.3. The van der Waals surface area contributed by atoms with Gasteiger partial charge in [0.25, 0.3) is 0 Å². The van der Waals surface area contributed by atoms with Gasteiger partial charge in [-0.2, -0.15) is 0 Å². The van der Waals surface area contributed by atoms with E-state index in [1.165, 1.54) is 41.8 Å². The molecule has 2 bridgehead atoms. The summed E-state index contributed by atoms with van der Waals surface area (Å²) in [5, 5.41) is 4.13. The summed E-state index contributed by atoms with van der Waals surface area (Å²) in [7, 11) is 0. The van der Waals surface area contributed by atoms with Gasteiger partial charge in [-0.25, -0.2) is 0 Å². The van der Waals surface area contributed by atoms with Crippen LogP contribution in [0.5, 0.6) is 0 Å². The van der Waals surface area contributed by atoms with Gasteiger partial charge < -0.3 is 4.74 Å². The molecule has 0 N–H and O–H groups in total. The highest BCUT2D eigenvalue weighted by atomic mass is 32.2. The summed E-state index contributed by atoms with van der Waals surface area (Å²) < 4.78 is 6.51. The van der Waals surface area contributed by atoms with Gasteiger partial charge in [-0.05, 0) is 34.0 Å². The minimum Gasteiger partial charge on any atom is -0.393 e. The molecule has 3 aliphatic carbocycles. The van der Waals surface area contributed by atoms with E-state index in [9.17, 15) is 9.59 Å². The maximum atomic E-state index is 12.8. The first kappa shape index (κ1) is 17.0. The Labute approximate surface area is 186 Å². The van der Waals surface area contributed by atoms with Gasteiger partial charge in [0, 0.05) is 42.9 Å². The monoisotopic (exact) mass is 440 g/mol. The normalized spacial score (nSPS) is 32.1. The van der Waals surface area contributed by atoms with E-state index in [1.807, 2.05) is 23.1 Å². The number of fused-ring (bicyclic) bond motifs is 4. The number of carbonyl (C=O) groups is 2. The lowest BCUT2D eigenvalue weighted by Gasteiger charge is -2.50. The Morgan fingerprint density at radius 2 is 1.35 bits per heavy atom. The lowest BCUT2D eigenvalue weighted by atomic mass is 9.52. The molecule has 6 unspecified atom stereocenters. The molecule has 2 fully saturated rings. The van der Waals surface area contributed by atoms with E-state index in [-0.39, 0.29) is 46.8 Å². The highest BCUT2D eigenvalue weighted by Gasteiger charge is 2.67. The molecular formula is C26H16O3S2. The van der Waals surface area contributed by atoms with Crippen LogP contribution >= 0.6 is 23.1 Å². The van der Waals surface area contributed by atoms with Crippen LogP contribution < -0.4 is 0 Å². The number of cyclic esters (lactones) is 2. The average molecular weight is 441 g/mol. The highest BCUT2D eigenvalue weighted by molar-refractivity contribution is 8.00. The zero-order valence-electron chi connectivity index (χ0n) is 16.3. The van der Waals surface area contributed by atoms with E-state index in [1.54, 1.807) is 0 Å². The zero-order chi connectivity index (χ0) is 20.4. The van der Waals surface area contributed by atoms with Gasteiger partial charge in [0.2, 0.25) is 0 Å². The highest BCUT2D eigenvalue weighted by Crippen LogP contribution is 2.71. The number of carbonyl (C=O) groups excluding carboxylic acids is 2. The quantitative estimate of drug-likeness (QED) is 0.255. The third kappa shape index (κ3) is 1.94. The number of esters is 2. The molecular weight excluding hydrogens is 424 g/mol. The number of ether oxygens (including phenoxy) is 1. The van der Waals surface area contributed by atoms with Crippen LogP contribution in [0.4, 0.5) is 0 Å². The molecule has 6 atom stereocenters. The largest absolute Gasteiger partial charge is 0.393 e. The predicted molar refractivity (Wildman–Crippen MR) is 122 cm³/mol. The number of hydrogen-bond donors (Lipinski definition) is 0. The number of hydrogen-bond acceptors (Lipinski definition) is 5. The van der Waals surface area contributed by atoms with Crippen molar-refractivity contribution in [2.24, 2.45) is 11.8 Å². The van der Waals surface area contributed by atoms with Crippen molar-refractivity contribution in [2.45, 2.75) is 27.9 Å². The van der Waals surface area contributed by atoms with Crippen LogP contribution in [0, 0.1) is 11.8 Å². The number of thiophene rings is 1. The van der Waals surface area contributed by atoms with Crippen LogP contribution in [0.25, 0.3) is 20.9 Å². The summed E-state index contributed by atoms with van der Waals surface area (Å²) in [5.41, 5.74) is 2.50. The third-order valence-electron chi connectivity index (χ3n) is 7.81. The molecule has 1 aromatic heterocycles. The smallest absolute Gasteiger partial charge is 0.318 e. The van der Waals surface area contributed by atoms with E-state index < -0.39 is 0 Å². The Kier molecular flexibility index (Phi) is 3.06. The fourth-order valence-corrected chi connectivity index (χ4v) is 10.2. The van der Waals surface area contributed by atoms with E-state index in [2.05, 4.69) is 60.7 Å². The van der Waals surface area contributed by atoms with Crippen LogP contribution in [0.2, 0.25) is 0 Å². The predicted octanol–water partition coefficient (Wildman–Crippen LogP) is 5.82. The van der Waals surface area contributed by atoms with Crippen molar-refractivity contribution in [1.29, 1.82) is 0 Å². The van der Waals surface area contributed by atoms with Gasteiger partial charge >= 0.3 is 11.9 Å². The summed E-state index contributed by atoms with van der Waals surface area (Å²) in [6, 6.07) is 21.6. The van der Waals surface area contributed by atoms with Gasteiger partial charge in [0.05, 0.1) is 11.8 Å². The second-order valence-electron chi connectivity index (χ2n) is 9.07. The first-order valence-corrected chi connectivity index (χ1v) is 12.4. The molecule has 9 rings (SSSR count). The van der Waals surface area contributed by atoms with E-state index in [0.29, 0.717) is 0 Å². The van der Waals surface area contributed by atoms with Crippen LogP contribution in [0.1, 0.15) is 33.8 Å². The number of thioether (sulfide) groups is 1. The van der Waals surface area contributed by atoms with Crippen molar-refractivity contribution in [1.82, 2.24) is 0 Å². The van der Waals surface area contributed by atoms with Crippen LogP contribution in [-0.4, -0.2) is 17.2 Å². The molecule has 150 valence electrons. The molecule has 31 heavy (non-hydrogen) atoms. The Bertz CT molecular complexity index is 1480. The molecule has 0 amide bonds. The molecule has 3 aromatic carbocycles. The van der Waals surface area contributed by atoms with Gasteiger partial charge in [0.15, 0.2) is 0 Å². The zero-order valence-corrected chi connectivity index (χ0v) is 17.9. The molecule has 1 saturated heterocycles. The first-order chi connectivity index (χ1) is 15.2. The van der Waals surface area contributed by atoms with Crippen molar-refractivity contribution < 1.29 is 14.3 Å². The van der Waals surface area contributed by atoms with E-state index in [0.717, 1.165) is 0 Å². The summed E-state index contributed by atoms with van der Waals surface area (Å²) in [5.74, 6) is -0.985. The Morgan fingerprint density at radius 1 is 0.710 bits per heavy atom. The third-order valence-corrected chi connectivity index (χ3v) is 10.7. The lowest BCUT2D eigenvalue weighted by Crippen LogP contribution is -2.49. The fraction of sp³-hybridized carbons (Fsp3) is 0.231. The van der Waals surface area contributed by atoms with Crippen molar-refractivity contribution in [3.05, 3.63) is 76.7 Å².